The van der Waals surface area contributed by atoms with Crippen molar-refractivity contribution in [3.8, 4) is 11.5 Å². The third kappa shape index (κ3) is 4.95. The zero-order valence-corrected chi connectivity index (χ0v) is 17.6. The van der Waals surface area contributed by atoms with Gasteiger partial charge in [-0.1, -0.05) is 30.3 Å². The third-order valence-electron chi connectivity index (χ3n) is 4.92. The monoisotopic (exact) mass is 431 g/mol. The van der Waals surface area contributed by atoms with E-state index >= 15 is 0 Å². The number of carbonyl (C=O) groups excluding carboxylic acids is 1. The molecule has 2 heterocycles. The van der Waals surface area contributed by atoms with Crippen LogP contribution in [0.1, 0.15) is 41.4 Å². The number of thioether (sulfide) groups is 1. The van der Waals surface area contributed by atoms with E-state index in [1.54, 1.807) is 26.0 Å². The van der Waals surface area contributed by atoms with E-state index in [1.807, 2.05) is 30.3 Å². The van der Waals surface area contributed by atoms with Crippen molar-refractivity contribution in [3.05, 3.63) is 59.2 Å². The number of aliphatic hydroxyl groups is 1. The molecule has 0 aliphatic carbocycles. The van der Waals surface area contributed by atoms with Gasteiger partial charge in [-0.2, -0.15) is 0 Å². The number of nitrogens with two attached hydrogens (primary N) is 1. The minimum absolute atomic E-state index is 0.0537. The molecule has 0 amide bonds. The highest BCUT2D eigenvalue weighted by Gasteiger charge is 2.33. The Kier molecular flexibility index (Phi) is 7.02. The Labute approximate surface area is 179 Å². The van der Waals surface area contributed by atoms with Crippen LogP contribution in [0.3, 0.4) is 0 Å². The first kappa shape index (κ1) is 22.1. The Balaban J connectivity index is 0.000000199. The van der Waals surface area contributed by atoms with Crippen LogP contribution in [0.2, 0.25) is 0 Å². The molecule has 0 radical (unpaired) electrons. The Morgan fingerprint density at radius 1 is 1.20 bits per heavy atom. The van der Waals surface area contributed by atoms with Gasteiger partial charge in [0.15, 0.2) is 17.3 Å². The van der Waals surface area contributed by atoms with Crippen LogP contribution in [0, 0.1) is 0 Å². The summed E-state index contributed by atoms with van der Waals surface area (Å²) in [6.45, 7) is 3.67. The van der Waals surface area contributed by atoms with Gasteiger partial charge in [-0.25, -0.2) is 0 Å². The van der Waals surface area contributed by atoms with Crippen LogP contribution in [0.25, 0.3) is 0 Å². The molecular formula is C22H25NO6S. The summed E-state index contributed by atoms with van der Waals surface area (Å²) in [7, 11) is 0. The summed E-state index contributed by atoms with van der Waals surface area (Å²) < 4.78 is 10.5. The van der Waals surface area contributed by atoms with Crippen molar-refractivity contribution in [1.82, 2.24) is 0 Å². The van der Waals surface area contributed by atoms with Crippen molar-refractivity contribution < 1.29 is 29.3 Å². The Hall–Kier alpha value is -2.55. The van der Waals surface area contributed by atoms with Crippen LogP contribution in [0.4, 0.5) is 0 Å². The van der Waals surface area contributed by atoms with Gasteiger partial charge in [0.2, 0.25) is 6.79 Å². The molecule has 2 aliphatic heterocycles. The third-order valence-corrected chi connectivity index (χ3v) is 6.24. The van der Waals surface area contributed by atoms with E-state index in [9.17, 15) is 19.8 Å². The number of carbonyl (C=O) groups is 2. The van der Waals surface area contributed by atoms with Crippen molar-refractivity contribution in [2.45, 2.75) is 42.9 Å². The number of hydrogen-bond donors (Lipinski definition) is 3. The molecule has 0 saturated carbocycles. The number of Topliss-reactive ketones (excluding diaryl/α,β-unsaturated/α-hetero) is 1. The predicted octanol–water partition coefficient (Wildman–Crippen LogP) is 2.80. The fourth-order valence-electron chi connectivity index (χ4n) is 3.26. The first-order valence-corrected chi connectivity index (χ1v) is 10.6. The Morgan fingerprint density at radius 3 is 2.43 bits per heavy atom. The van der Waals surface area contributed by atoms with Gasteiger partial charge in [0.1, 0.15) is 5.25 Å². The van der Waals surface area contributed by atoms with Crippen molar-refractivity contribution in [2.24, 2.45) is 5.73 Å². The average molecular weight is 432 g/mol. The van der Waals surface area contributed by atoms with Crippen molar-refractivity contribution >= 4 is 23.5 Å². The molecule has 8 heteroatoms. The summed E-state index contributed by atoms with van der Waals surface area (Å²) in [6, 6.07) is 12.6. The lowest BCUT2D eigenvalue weighted by molar-refractivity contribution is -0.136. The number of ether oxygens (including phenoxy) is 2. The predicted molar refractivity (Wildman–Crippen MR) is 114 cm³/mol. The molecule has 0 unspecified atom stereocenters. The molecule has 0 aromatic heterocycles. The summed E-state index contributed by atoms with van der Waals surface area (Å²) in [5.74, 6) is 0.186. The number of ketones is 1. The highest BCUT2D eigenvalue weighted by Crippen LogP contribution is 2.39. The van der Waals surface area contributed by atoms with Crippen LogP contribution in [0.15, 0.2) is 42.5 Å². The topological polar surface area (TPSA) is 119 Å². The molecule has 0 saturated heterocycles. The number of fused-ring (bicyclic) bond motifs is 2. The van der Waals surface area contributed by atoms with E-state index in [-0.39, 0.29) is 23.9 Å². The molecule has 0 bridgehead atoms. The van der Waals surface area contributed by atoms with Gasteiger partial charge in [0.05, 0.1) is 11.4 Å². The van der Waals surface area contributed by atoms with Crippen LogP contribution >= 0.6 is 11.8 Å². The van der Waals surface area contributed by atoms with Gasteiger partial charge < -0.3 is 25.4 Å². The van der Waals surface area contributed by atoms with Gasteiger partial charge in [-0.3, -0.25) is 9.59 Å². The fraction of sp³-hybridized carbons (Fsp3) is 0.364. The fourth-order valence-corrected chi connectivity index (χ4v) is 4.39. The largest absolute Gasteiger partial charge is 0.480 e. The summed E-state index contributed by atoms with van der Waals surface area (Å²) in [5, 5.41) is 17.7. The molecule has 4 N–H and O–H groups in total. The maximum absolute atomic E-state index is 12.3. The van der Waals surface area contributed by atoms with Crippen molar-refractivity contribution in [2.75, 3.05) is 6.79 Å². The smallest absolute Gasteiger partial charge is 0.316 e. The standard InChI is InChI=1S/C13H12O5S.C9H13NO/c1-6-12(14)8-4-10-9(17-5-18-10)2-7(8)3-11(19-6)13(15)16;1-7(10)9(11)8-5-3-2-4-6-8/h2,4,6,11H,3,5H2,1H3,(H,15,16);2-7,9,11H,10H2,1H3/t6-,11+;7-,9-/m00/s1. The number of aliphatic hydroxyl groups excluding tert-OH is 1. The lowest BCUT2D eigenvalue weighted by Gasteiger charge is -2.13. The normalized spacial score (nSPS) is 21.5. The Morgan fingerprint density at radius 2 is 1.83 bits per heavy atom. The average Bonchev–Trinajstić information content (AvgIpc) is 3.15. The minimum atomic E-state index is -0.893. The Bertz CT molecular complexity index is 917. The SMILES string of the molecule is C[C@@H]1S[C@@H](C(=O)O)Cc2cc3c(cc2C1=O)OCO3.C[C@H](N)[C@H](O)c1ccccc1. The van der Waals surface area contributed by atoms with Crippen LogP contribution in [0.5, 0.6) is 11.5 Å². The van der Waals surface area contributed by atoms with E-state index < -0.39 is 17.3 Å². The molecule has 4 atom stereocenters. The number of carboxylic acids is 1. The second kappa shape index (κ2) is 9.51. The maximum atomic E-state index is 12.3. The number of hydrogen-bond acceptors (Lipinski definition) is 7. The summed E-state index contributed by atoms with van der Waals surface area (Å²) in [6.07, 6.45) is -0.224. The summed E-state index contributed by atoms with van der Waals surface area (Å²) in [4.78, 5) is 23.5. The summed E-state index contributed by atoms with van der Waals surface area (Å²) >= 11 is 1.19. The van der Waals surface area contributed by atoms with E-state index in [1.165, 1.54) is 11.8 Å². The highest BCUT2D eigenvalue weighted by molar-refractivity contribution is 8.01. The highest BCUT2D eigenvalue weighted by atomic mass is 32.2. The second-order valence-electron chi connectivity index (χ2n) is 7.25. The number of carboxylic acid groups (broad SMARTS) is 1. The molecule has 2 aromatic rings. The zero-order valence-electron chi connectivity index (χ0n) is 16.8. The first-order chi connectivity index (χ1) is 14.3. The van der Waals surface area contributed by atoms with Crippen LogP contribution < -0.4 is 15.2 Å². The molecule has 4 rings (SSSR count). The van der Waals surface area contributed by atoms with E-state index in [2.05, 4.69) is 0 Å². The number of aliphatic carboxylic acids is 1. The maximum Gasteiger partial charge on any atom is 0.316 e. The van der Waals surface area contributed by atoms with Crippen LogP contribution in [-0.4, -0.2) is 45.3 Å². The minimum Gasteiger partial charge on any atom is -0.480 e. The molecule has 160 valence electrons. The van der Waals surface area contributed by atoms with Gasteiger partial charge >= 0.3 is 5.97 Å². The molecule has 7 nitrogen and oxygen atoms in total. The van der Waals surface area contributed by atoms with E-state index in [0.717, 1.165) is 11.1 Å². The molecule has 2 aliphatic rings. The van der Waals surface area contributed by atoms with Gasteiger partial charge in [0, 0.05) is 11.6 Å². The first-order valence-electron chi connectivity index (χ1n) is 9.61. The van der Waals surface area contributed by atoms with Crippen molar-refractivity contribution in [1.29, 1.82) is 0 Å². The van der Waals surface area contributed by atoms with Crippen LogP contribution in [-0.2, 0) is 11.2 Å². The number of rotatable bonds is 3. The molecule has 30 heavy (non-hydrogen) atoms. The molecule has 2 aromatic carbocycles. The van der Waals surface area contributed by atoms with Gasteiger partial charge in [0.25, 0.3) is 0 Å². The molecule has 0 spiro atoms. The summed E-state index contributed by atoms with van der Waals surface area (Å²) in [5.41, 5.74) is 7.67. The molecular weight excluding hydrogens is 406 g/mol. The molecule has 0 fully saturated rings. The van der Waals surface area contributed by atoms with E-state index in [0.29, 0.717) is 23.5 Å². The van der Waals surface area contributed by atoms with Gasteiger partial charge in [-0.15, -0.1) is 11.8 Å². The van der Waals surface area contributed by atoms with E-state index in [4.69, 9.17) is 15.2 Å². The lowest BCUT2D eigenvalue weighted by atomic mass is 9.97. The van der Waals surface area contributed by atoms with Crippen molar-refractivity contribution in [3.63, 3.8) is 0 Å². The van der Waals surface area contributed by atoms with Gasteiger partial charge in [-0.05, 0) is 43.5 Å². The zero-order chi connectivity index (χ0) is 21.8. The quantitative estimate of drug-likeness (QED) is 0.679. The second-order valence-corrected chi connectivity index (χ2v) is 8.80. The number of benzene rings is 2. The lowest BCUT2D eigenvalue weighted by Crippen LogP contribution is -2.24.